The number of aryl methyl sites for hydroxylation is 1. The molecule has 2 nitrogen and oxygen atoms in total. The van der Waals surface area contributed by atoms with Crippen LogP contribution in [0.5, 0.6) is 5.75 Å². The molecule has 1 atom stereocenters. The van der Waals surface area contributed by atoms with Crippen LogP contribution in [0.2, 0.25) is 0 Å². The fraction of sp³-hybridized carbons (Fsp3) is 0.250. The maximum absolute atomic E-state index is 14.0. The van der Waals surface area contributed by atoms with Gasteiger partial charge in [-0.05, 0) is 32.2 Å². The molecule has 1 unspecified atom stereocenters. The topological polar surface area (TPSA) is 21.3 Å². The summed E-state index contributed by atoms with van der Waals surface area (Å²) in [5, 5.41) is 2.96. The molecule has 0 aliphatic carbocycles. The standard InChI is InChI=1S/C16H17F2NO/c1-10-7-8-14(20-3)11(9-10)16(19-2)15-12(17)5-4-6-13(15)18/h4-9,16,19H,1-3H3. The highest BCUT2D eigenvalue weighted by Gasteiger charge is 2.23. The minimum atomic E-state index is -0.606. The van der Waals surface area contributed by atoms with Crippen molar-refractivity contribution in [3.05, 3.63) is 64.7 Å². The van der Waals surface area contributed by atoms with Crippen LogP contribution in [0.3, 0.4) is 0 Å². The van der Waals surface area contributed by atoms with Crippen LogP contribution in [-0.4, -0.2) is 14.2 Å². The molecule has 0 aromatic heterocycles. The summed E-state index contributed by atoms with van der Waals surface area (Å²) in [6.07, 6.45) is 0. The molecule has 0 aliphatic rings. The van der Waals surface area contributed by atoms with Crippen molar-refractivity contribution in [3.63, 3.8) is 0 Å². The largest absolute Gasteiger partial charge is 0.496 e. The molecular weight excluding hydrogens is 260 g/mol. The van der Waals surface area contributed by atoms with Crippen molar-refractivity contribution in [2.75, 3.05) is 14.2 Å². The number of methoxy groups -OCH3 is 1. The van der Waals surface area contributed by atoms with E-state index in [-0.39, 0.29) is 5.56 Å². The SMILES string of the molecule is CNC(c1cc(C)ccc1OC)c1c(F)cccc1F. The predicted octanol–water partition coefficient (Wildman–Crippen LogP) is 3.59. The maximum atomic E-state index is 14.0. The Kier molecular flexibility index (Phi) is 4.35. The molecule has 106 valence electrons. The van der Waals surface area contributed by atoms with Crippen molar-refractivity contribution in [1.29, 1.82) is 0 Å². The van der Waals surface area contributed by atoms with Crippen LogP contribution in [-0.2, 0) is 0 Å². The van der Waals surface area contributed by atoms with E-state index in [2.05, 4.69) is 5.32 Å². The quantitative estimate of drug-likeness (QED) is 0.922. The highest BCUT2D eigenvalue weighted by atomic mass is 19.1. The van der Waals surface area contributed by atoms with Crippen LogP contribution in [0, 0.1) is 18.6 Å². The molecule has 4 heteroatoms. The van der Waals surface area contributed by atoms with E-state index in [1.807, 2.05) is 19.1 Å². The van der Waals surface area contributed by atoms with E-state index in [1.165, 1.54) is 18.2 Å². The molecule has 0 saturated heterocycles. The van der Waals surface area contributed by atoms with Gasteiger partial charge in [0.25, 0.3) is 0 Å². The molecule has 0 saturated carbocycles. The molecule has 2 rings (SSSR count). The van der Waals surface area contributed by atoms with E-state index in [0.717, 1.165) is 5.56 Å². The molecule has 0 amide bonds. The van der Waals surface area contributed by atoms with Crippen LogP contribution < -0.4 is 10.1 Å². The predicted molar refractivity (Wildman–Crippen MR) is 75.0 cm³/mol. The van der Waals surface area contributed by atoms with E-state index >= 15 is 0 Å². The zero-order chi connectivity index (χ0) is 14.7. The first-order chi connectivity index (χ1) is 9.58. The van der Waals surface area contributed by atoms with Gasteiger partial charge in [-0.15, -0.1) is 0 Å². The Morgan fingerprint density at radius 2 is 1.75 bits per heavy atom. The Balaban J connectivity index is 2.61. The van der Waals surface area contributed by atoms with Gasteiger partial charge >= 0.3 is 0 Å². The Morgan fingerprint density at radius 3 is 2.30 bits per heavy atom. The van der Waals surface area contributed by atoms with Crippen molar-refractivity contribution in [3.8, 4) is 5.75 Å². The van der Waals surface area contributed by atoms with Crippen LogP contribution in [0.25, 0.3) is 0 Å². The van der Waals surface area contributed by atoms with Gasteiger partial charge in [0.1, 0.15) is 17.4 Å². The van der Waals surface area contributed by atoms with Gasteiger partial charge in [0.15, 0.2) is 0 Å². The van der Waals surface area contributed by atoms with E-state index in [9.17, 15) is 8.78 Å². The van der Waals surface area contributed by atoms with E-state index in [1.54, 1.807) is 20.2 Å². The fourth-order valence-electron chi connectivity index (χ4n) is 2.32. The molecular formula is C16H17F2NO. The molecule has 0 fully saturated rings. The summed E-state index contributed by atoms with van der Waals surface area (Å²) in [5.74, 6) is -0.557. The Labute approximate surface area is 117 Å². The molecule has 2 aromatic carbocycles. The average molecular weight is 277 g/mol. The minimum absolute atomic E-state index is 0.00102. The van der Waals surface area contributed by atoms with Gasteiger partial charge in [-0.2, -0.15) is 0 Å². The van der Waals surface area contributed by atoms with Gasteiger partial charge in [0, 0.05) is 11.1 Å². The summed E-state index contributed by atoms with van der Waals surface area (Å²) in [7, 11) is 3.21. The van der Waals surface area contributed by atoms with Gasteiger partial charge in [0.2, 0.25) is 0 Å². The summed E-state index contributed by atoms with van der Waals surface area (Å²) in [4.78, 5) is 0. The first-order valence-electron chi connectivity index (χ1n) is 6.34. The summed E-state index contributed by atoms with van der Waals surface area (Å²) >= 11 is 0. The number of hydrogen-bond donors (Lipinski definition) is 1. The first kappa shape index (κ1) is 14.5. The number of nitrogens with one attached hydrogen (secondary N) is 1. The number of ether oxygens (including phenoxy) is 1. The smallest absolute Gasteiger partial charge is 0.131 e. The number of hydrogen-bond acceptors (Lipinski definition) is 2. The first-order valence-corrected chi connectivity index (χ1v) is 6.34. The lowest BCUT2D eigenvalue weighted by molar-refractivity contribution is 0.403. The third-order valence-electron chi connectivity index (χ3n) is 3.27. The molecule has 0 bridgehead atoms. The average Bonchev–Trinajstić information content (AvgIpc) is 2.43. The lowest BCUT2D eigenvalue weighted by Gasteiger charge is -2.21. The number of rotatable bonds is 4. The number of benzene rings is 2. The molecule has 1 N–H and O–H groups in total. The Morgan fingerprint density at radius 1 is 1.10 bits per heavy atom. The third kappa shape index (κ3) is 2.65. The second-order valence-electron chi connectivity index (χ2n) is 4.60. The summed E-state index contributed by atoms with van der Waals surface area (Å²) < 4.78 is 33.3. The van der Waals surface area contributed by atoms with Crippen molar-refractivity contribution in [2.24, 2.45) is 0 Å². The van der Waals surface area contributed by atoms with Crippen molar-refractivity contribution >= 4 is 0 Å². The van der Waals surface area contributed by atoms with Crippen LogP contribution in [0.1, 0.15) is 22.7 Å². The lowest BCUT2D eigenvalue weighted by Crippen LogP contribution is -2.21. The Hall–Kier alpha value is -1.94. The molecule has 0 heterocycles. The maximum Gasteiger partial charge on any atom is 0.131 e. The minimum Gasteiger partial charge on any atom is -0.496 e. The third-order valence-corrected chi connectivity index (χ3v) is 3.27. The van der Waals surface area contributed by atoms with E-state index in [0.29, 0.717) is 11.3 Å². The van der Waals surface area contributed by atoms with Crippen molar-refractivity contribution in [2.45, 2.75) is 13.0 Å². The van der Waals surface area contributed by atoms with E-state index < -0.39 is 17.7 Å². The fourth-order valence-corrected chi connectivity index (χ4v) is 2.32. The van der Waals surface area contributed by atoms with Crippen molar-refractivity contribution < 1.29 is 13.5 Å². The summed E-state index contributed by atoms with van der Waals surface area (Å²) in [6.45, 7) is 1.92. The zero-order valence-electron chi connectivity index (χ0n) is 11.7. The Bertz CT molecular complexity index is 593. The normalized spacial score (nSPS) is 12.2. The summed E-state index contributed by atoms with van der Waals surface area (Å²) in [6, 6.07) is 8.82. The molecule has 2 aromatic rings. The van der Waals surface area contributed by atoms with Crippen LogP contribution >= 0.6 is 0 Å². The molecule has 0 spiro atoms. The van der Waals surface area contributed by atoms with E-state index in [4.69, 9.17) is 4.74 Å². The zero-order valence-corrected chi connectivity index (χ0v) is 11.7. The second-order valence-corrected chi connectivity index (χ2v) is 4.60. The second kappa shape index (κ2) is 6.01. The molecule has 0 radical (unpaired) electrons. The van der Waals surface area contributed by atoms with Gasteiger partial charge < -0.3 is 10.1 Å². The number of halogens is 2. The van der Waals surface area contributed by atoms with Gasteiger partial charge in [-0.3, -0.25) is 0 Å². The van der Waals surface area contributed by atoms with Gasteiger partial charge in [-0.25, -0.2) is 8.78 Å². The van der Waals surface area contributed by atoms with Crippen LogP contribution in [0.4, 0.5) is 8.78 Å². The highest BCUT2D eigenvalue weighted by molar-refractivity contribution is 5.44. The summed E-state index contributed by atoms with van der Waals surface area (Å²) in [5.41, 5.74) is 1.70. The lowest BCUT2D eigenvalue weighted by atomic mass is 9.95. The molecule has 0 aliphatic heterocycles. The van der Waals surface area contributed by atoms with Crippen molar-refractivity contribution in [1.82, 2.24) is 5.32 Å². The molecule has 20 heavy (non-hydrogen) atoms. The van der Waals surface area contributed by atoms with Gasteiger partial charge in [0.05, 0.1) is 13.2 Å². The van der Waals surface area contributed by atoms with Crippen LogP contribution in [0.15, 0.2) is 36.4 Å². The van der Waals surface area contributed by atoms with Gasteiger partial charge in [-0.1, -0.05) is 23.8 Å². The monoisotopic (exact) mass is 277 g/mol. The highest BCUT2D eigenvalue weighted by Crippen LogP contribution is 2.33.